The Morgan fingerprint density at radius 3 is 2.35 bits per heavy atom. The molecule has 0 saturated carbocycles. The van der Waals surface area contributed by atoms with Crippen molar-refractivity contribution in [3.63, 3.8) is 0 Å². The Labute approximate surface area is 158 Å². The molecule has 0 N–H and O–H groups in total. The maximum Gasteiger partial charge on any atom is 0.260 e. The predicted octanol–water partition coefficient (Wildman–Crippen LogP) is 2.57. The second kappa shape index (κ2) is 9.00. The Hall–Kier alpha value is -2.12. The SMILES string of the molecule is CCOc1ccc(OCC(=O)N2CCN(Cc3csc(C)n3)CC2)cc1. The topological polar surface area (TPSA) is 54.9 Å². The first kappa shape index (κ1) is 18.7. The van der Waals surface area contributed by atoms with E-state index in [1.165, 1.54) is 0 Å². The van der Waals surface area contributed by atoms with Crippen LogP contribution in [0.15, 0.2) is 29.6 Å². The van der Waals surface area contributed by atoms with E-state index in [1.807, 2.05) is 43.0 Å². The Morgan fingerprint density at radius 2 is 1.77 bits per heavy atom. The van der Waals surface area contributed by atoms with E-state index in [0.29, 0.717) is 12.4 Å². The van der Waals surface area contributed by atoms with Crippen molar-refractivity contribution in [1.82, 2.24) is 14.8 Å². The molecule has 3 rings (SSSR count). The normalized spacial score (nSPS) is 15.1. The molecule has 0 unspecified atom stereocenters. The average Bonchev–Trinajstić information content (AvgIpc) is 3.06. The van der Waals surface area contributed by atoms with E-state index in [0.717, 1.165) is 49.2 Å². The van der Waals surface area contributed by atoms with Crippen LogP contribution >= 0.6 is 11.3 Å². The number of hydrogen-bond donors (Lipinski definition) is 0. The molecule has 1 aliphatic heterocycles. The van der Waals surface area contributed by atoms with Gasteiger partial charge in [-0.05, 0) is 38.1 Å². The van der Waals surface area contributed by atoms with E-state index in [2.05, 4.69) is 15.3 Å². The van der Waals surface area contributed by atoms with Crippen LogP contribution in [0, 0.1) is 6.92 Å². The summed E-state index contributed by atoms with van der Waals surface area (Å²) in [6.45, 7) is 8.72. The van der Waals surface area contributed by atoms with Crippen LogP contribution in [0.2, 0.25) is 0 Å². The Morgan fingerprint density at radius 1 is 1.12 bits per heavy atom. The molecule has 7 heteroatoms. The molecule has 26 heavy (non-hydrogen) atoms. The van der Waals surface area contributed by atoms with Crippen LogP contribution in [-0.2, 0) is 11.3 Å². The fourth-order valence-electron chi connectivity index (χ4n) is 2.90. The maximum absolute atomic E-state index is 12.4. The maximum atomic E-state index is 12.4. The van der Waals surface area contributed by atoms with Crippen molar-refractivity contribution >= 4 is 17.2 Å². The van der Waals surface area contributed by atoms with Crippen LogP contribution in [0.3, 0.4) is 0 Å². The summed E-state index contributed by atoms with van der Waals surface area (Å²) in [5.74, 6) is 1.51. The standard InChI is InChI=1S/C19H25N3O3S/c1-3-24-17-4-6-18(7-5-17)25-13-19(23)22-10-8-21(9-11-22)12-16-14-26-15(2)20-16/h4-7,14H,3,8-13H2,1-2H3. The highest BCUT2D eigenvalue weighted by Crippen LogP contribution is 2.18. The summed E-state index contributed by atoms with van der Waals surface area (Å²) in [5.41, 5.74) is 1.12. The zero-order valence-electron chi connectivity index (χ0n) is 15.3. The van der Waals surface area contributed by atoms with Gasteiger partial charge in [0.2, 0.25) is 0 Å². The number of carbonyl (C=O) groups is 1. The molecule has 0 radical (unpaired) electrons. The van der Waals surface area contributed by atoms with Gasteiger partial charge in [-0.3, -0.25) is 9.69 Å². The third-order valence-corrected chi connectivity index (χ3v) is 5.10. The summed E-state index contributed by atoms with van der Waals surface area (Å²) < 4.78 is 11.0. The molecular weight excluding hydrogens is 350 g/mol. The quantitative estimate of drug-likeness (QED) is 0.744. The molecule has 6 nitrogen and oxygen atoms in total. The van der Waals surface area contributed by atoms with Gasteiger partial charge in [-0.15, -0.1) is 11.3 Å². The van der Waals surface area contributed by atoms with E-state index in [9.17, 15) is 4.79 Å². The average molecular weight is 375 g/mol. The van der Waals surface area contributed by atoms with Crippen LogP contribution in [0.4, 0.5) is 0 Å². The van der Waals surface area contributed by atoms with Crippen molar-refractivity contribution in [3.8, 4) is 11.5 Å². The number of aryl methyl sites for hydroxylation is 1. The molecule has 1 amide bonds. The monoisotopic (exact) mass is 375 g/mol. The molecule has 2 aromatic rings. The third-order valence-electron chi connectivity index (χ3n) is 4.27. The number of hydrogen-bond acceptors (Lipinski definition) is 6. The molecular formula is C19H25N3O3S. The predicted molar refractivity (Wildman–Crippen MR) is 102 cm³/mol. The number of carbonyl (C=O) groups excluding carboxylic acids is 1. The molecule has 0 spiro atoms. The molecule has 1 aliphatic rings. The van der Waals surface area contributed by atoms with E-state index in [-0.39, 0.29) is 12.5 Å². The minimum Gasteiger partial charge on any atom is -0.494 e. The number of benzene rings is 1. The van der Waals surface area contributed by atoms with Gasteiger partial charge in [-0.2, -0.15) is 0 Å². The number of ether oxygens (including phenoxy) is 2. The van der Waals surface area contributed by atoms with Crippen molar-refractivity contribution in [1.29, 1.82) is 0 Å². The summed E-state index contributed by atoms with van der Waals surface area (Å²) in [4.78, 5) is 21.1. The molecule has 1 saturated heterocycles. The Balaban J connectivity index is 1.40. The highest BCUT2D eigenvalue weighted by molar-refractivity contribution is 7.09. The summed E-state index contributed by atoms with van der Waals surface area (Å²) in [6, 6.07) is 7.35. The Kier molecular flexibility index (Phi) is 6.46. The highest BCUT2D eigenvalue weighted by Gasteiger charge is 2.21. The lowest BCUT2D eigenvalue weighted by Crippen LogP contribution is -2.49. The molecule has 1 aromatic carbocycles. The van der Waals surface area contributed by atoms with Gasteiger partial charge in [-0.1, -0.05) is 0 Å². The van der Waals surface area contributed by atoms with Gasteiger partial charge in [0.05, 0.1) is 17.3 Å². The van der Waals surface area contributed by atoms with Gasteiger partial charge in [0, 0.05) is 38.1 Å². The van der Waals surface area contributed by atoms with Crippen molar-refractivity contribution < 1.29 is 14.3 Å². The highest BCUT2D eigenvalue weighted by atomic mass is 32.1. The van der Waals surface area contributed by atoms with Gasteiger partial charge in [0.15, 0.2) is 6.61 Å². The van der Waals surface area contributed by atoms with Crippen molar-refractivity contribution in [2.75, 3.05) is 39.4 Å². The van der Waals surface area contributed by atoms with Crippen LogP contribution in [-0.4, -0.2) is 60.1 Å². The van der Waals surface area contributed by atoms with E-state index >= 15 is 0 Å². The number of aromatic nitrogens is 1. The zero-order valence-corrected chi connectivity index (χ0v) is 16.1. The van der Waals surface area contributed by atoms with Crippen molar-refractivity contribution in [3.05, 3.63) is 40.3 Å². The van der Waals surface area contributed by atoms with Crippen LogP contribution in [0.5, 0.6) is 11.5 Å². The van der Waals surface area contributed by atoms with Crippen molar-refractivity contribution in [2.24, 2.45) is 0 Å². The fraction of sp³-hybridized carbons (Fsp3) is 0.474. The number of rotatable bonds is 7. The van der Waals surface area contributed by atoms with Crippen molar-refractivity contribution in [2.45, 2.75) is 20.4 Å². The summed E-state index contributed by atoms with van der Waals surface area (Å²) >= 11 is 1.68. The fourth-order valence-corrected chi connectivity index (χ4v) is 3.50. The first-order valence-corrected chi connectivity index (χ1v) is 9.79. The lowest BCUT2D eigenvalue weighted by atomic mass is 10.3. The number of piperazine rings is 1. The number of thiazole rings is 1. The number of amides is 1. The summed E-state index contributed by atoms with van der Waals surface area (Å²) in [6.07, 6.45) is 0. The summed E-state index contributed by atoms with van der Waals surface area (Å²) in [7, 11) is 0. The molecule has 0 aliphatic carbocycles. The third kappa shape index (κ3) is 5.19. The first-order chi connectivity index (χ1) is 12.6. The second-order valence-corrected chi connectivity index (χ2v) is 7.27. The minimum absolute atomic E-state index is 0.0306. The largest absolute Gasteiger partial charge is 0.494 e. The van der Waals surface area contributed by atoms with Crippen LogP contribution < -0.4 is 9.47 Å². The molecule has 1 fully saturated rings. The second-order valence-electron chi connectivity index (χ2n) is 6.21. The lowest BCUT2D eigenvalue weighted by molar-refractivity contribution is -0.135. The first-order valence-electron chi connectivity index (χ1n) is 8.91. The molecule has 140 valence electrons. The lowest BCUT2D eigenvalue weighted by Gasteiger charge is -2.34. The van der Waals surface area contributed by atoms with Gasteiger partial charge in [0.25, 0.3) is 5.91 Å². The van der Waals surface area contributed by atoms with E-state index < -0.39 is 0 Å². The van der Waals surface area contributed by atoms with Gasteiger partial charge < -0.3 is 14.4 Å². The van der Waals surface area contributed by atoms with Gasteiger partial charge in [-0.25, -0.2) is 4.98 Å². The zero-order chi connectivity index (χ0) is 18.4. The molecule has 1 aromatic heterocycles. The van der Waals surface area contributed by atoms with Crippen LogP contribution in [0.1, 0.15) is 17.6 Å². The van der Waals surface area contributed by atoms with Crippen LogP contribution in [0.25, 0.3) is 0 Å². The van der Waals surface area contributed by atoms with Gasteiger partial charge in [0.1, 0.15) is 11.5 Å². The molecule has 0 atom stereocenters. The summed E-state index contributed by atoms with van der Waals surface area (Å²) in [5, 5.41) is 3.21. The van der Waals surface area contributed by atoms with Gasteiger partial charge >= 0.3 is 0 Å². The minimum atomic E-state index is 0.0306. The van der Waals surface area contributed by atoms with E-state index in [1.54, 1.807) is 11.3 Å². The molecule has 0 bridgehead atoms. The van der Waals surface area contributed by atoms with E-state index in [4.69, 9.17) is 9.47 Å². The smallest absolute Gasteiger partial charge is 0.260 e. The molecule has 2 heterocycles. The Bertz CT molecular complexity index is 709. The number of nitrogens with zero attached hydrogens (tertiary/aromatic N) is 3.